The van der Waals surface area contributed by atoms with E-state index in [4.69, 9.17) is 16.6 Å². The van der Waals surface area contributed by atoms with E-state index < -0.39 is 11.5 Å². The third-order valence-electron chi connectivity index (χ3n) is 5.08. The van der Waals surface area contributed by atoms with Gasteiger partial charge in [-0.15, -0.1) is 21.5 Å². The molecule has 0 amide bonds. The van der Waals surface area contributed by atoms with Gasteiger partial charge in [0, 0.05) is 21.0 Å². The Kier molecular flexibility index (Phi) is 4.39. The van der Waals surface area contributed by atoms with Crippen molar-refractivity contribution in [2.45, 2.75) is 39.7 Å². The lowest BCUT2D eigenvalue weighted by atomic mass is 9.95. The molecule has 1 aliphatic heterocycles. The van der Waals surface area contributed by atoms with Crippen molar-refractivity contribution in [3.63, 3.8) is 0 Å². The van der Waals surface area contributed by atoms with E-state index in [2.05, 4.69) is 24.0 Å². The van der Waals surface area contributed by atoms with E-state index in [1.54, 1.807) is 18.3 Å². The van der Waals surface area contributed by atoms with Crippen molar-refractivity contribution in [2.24, 2.45) is 4.99 Å². The zero-order valence-corrected chi connectivity index (χ0v) is 17.5. The molecule has 144 valence electrons. The molecule has 0 bridgehead atoms. The van der Waals surface area contributed by atoms with Crippen molar-refractivity contribution in [1.82, 2.24) is 14.8 Å². The van der Waals surface area contributed by atoms with Crippen LogP contribution in [0.2, 0.25) is 5.02 Å². The van der Waals surface area contributed by atoms with Gasteiger partial charge in [0.05, 0.1) is 12.1 Å². The molecule has 0 spiro atoms. The molecule has 0 saturated carbocycles. The molecular weight excluding hydrogens is 396 g/mol. The summed E-state index contributed by atoms with van der Waals surface area (Å²) in [7, 11) is 0. The van der Waals surface area contributed by atoms with Gasteiger partial charge >= 0.3 is 5.97 Å². The molecule has 1 unspecified atom stereocenters. The van der Waals surface area contributed by atoms with Gasteiger partial charge in [0.25, 0.3) is 0 Å². The van der Waals surface area contributed by atoms with E-state index in [-0.39, 0.29) is 6.42 Å². The van der Waals surface area contributed by atoms with Crippen LogP contribution >= 0.6 is 22.9 Å². The number of carbonyl (C=O) groups is 1. The Hall–Kier alpha value is -2.51. The minimum atomic E-state index is -1.05. The Morgan fingerprint density at radius 2 is 1.89 bits per heavy atom. The molecule has 1 atom stereocenters. The van der Waals surface area contributed by atoms with E-state index in [1.807, 2.05) is 35.8 Å². The summed E-state index contributed by atoms with van der Waals surface area (Å²) in [5, 5.41) is 19.7. The second kappa shape index (κ2) is 6.53. The van der Waals surface area contributed by atoms with E-state index >= 15 is 0 Å². The quantitative estimate of drug-likeness (QED) is 0.686. The zero-order valence-electron chi connectivity index (χ0n) is 15.9. The summed E-state index contributed by atoms with van der Waals surface area (Å²) in [5.41, 5.74) is 2.69. The van der Waals surface area contributed by atoms with Gasteiger partial charge in [-0.25, -0.2) is 0 Å². The van der Waals surface area contributed by atoms with Crippen LogP contribution in [-0.2, 0) is 10.3 Å². The van der Waals surface area contributed by atoms with Crippen LogP contribution in [0.15, 0.2) is 29.3 Å². The summed E-state index contributed by atoms with van der Waals surface area (Å²) in [6.07, 6.45) is -0.185. The molecule has 1 aliphatic rings. The number of rotatable bonds is 3. The highest BCUT2D eigenvalue weighted by molar-refractivity contribution is 7.15. The lowest BCUT2D eigenvalue weighted by molar-refractivity contribution is -0.138. The summed E-state index contributed by atoms with van der Waals surface area (Å²) in [6, 6.07) is 7.46. The minimum absolute atomic E-state index is 0.185. The maximum absolute atomic E-state index is 11.7. The number of nitrogens with zero attached hydrogens (tertiary/aromatic N) is 4. The van der Waals surface area contributed by atoms with Gasteiger partial charge in [-0.05, 0) is 45.4 Å². The van der Waals surface area contributed by atoms with Crippen molar-refractivity contribution < 1.29 is 9.90 Å². The van der Waals surface area contributed by atoms with Crippen molar-refractivity contribution in [1.29, 1.82) is 0 Å². The molecule has 0 aliphatic carbocycles. The van der Waals surface area contributed by atoms with Crippen molar-refractivity contribution >= 4 is 34.6 Å². The third-order valence-corrected chi connectivity index (χ3v) is 6.53. The number of carboxylic acid groups (broad SMARTS) is 1. The fourth-order valence-corrected chi connectivity index (χ4v) is 4.91. The van der Waals surface area contributed by atoms with Gasteiger partial charge < -0.3 is 5.11 Å². The summed E-state index contributed by atoms with van der Waals surface area (Å²) in [4.78, 5) is 17.8. The van der Waals surface area contributed by atoms with Crippen LogP contribution in [0.25, 0.3) is 5.00 Å². The van der Waals surface area contributed by atoms with Crippen LogP contribution in [0.4, 0.5) is 0 Å². The minimum Gasteiger partial charge on any atom is -0.481 e. The molecule has 4 rings (SSSR count). The Morgan fingerprint density at radius 3 is 2.54 bits per heavy atom. The summed E-state index contributed by atoms with van der Waals surface area (Å²) in [5.74, 6) is 0.313. The Labute approximate surface area is 171 Å². The highest BCUT2D eigenvalue weighted by Gasteiger charge is 2.40. The number of thiophene rings is 1. The van der Waals surface area contributed by atoms with E-state index in [0.29, 0.717) is 16.7 Å². The summed E-state index contributed by atoms with van der Waals surface area (Å²) >= 11 is 7.72. The number of carboxylic acids is 1. The predicted octanol–water partition coefficient (Wildman–Crippen LogP) is 4.45. The third kappa shape index (κ3) is 2.86. The van der Waals surface area contributed by atoms with Gasteiger partial charge in [-0.1, -0.05) is 23.7 Å². The Bertz CT molecular complexity index is 1130. The first kappa shape index (κ1) is 18.8. The summed E-state index contributed by atoms with van der Waals surface area (Å²) < 4.78 is 1.95. The maximum Gasteiger partial charge on any atom is 0.306 e. The number of fused-ring (bicyclic) bond motifs is 3. The smallest absolute Gasteiger partial charge is 0.306 e. The van der Waals surface area contributed by atoms with Crippen LogP contribution in [0, 0.1) is 20.8 Å². The number of hydrogen-bond acceptors (Lipinski definition) is 5. The molecule has 8 heteroatoms. The number of benzene rings is 1. The first-order chi connectivity index (χ1) is 13.2. The fraction of sp³-hybridized carbons (Fsp3) is 0.300. The van der Waals surface area contributed by atoms with Gasteiger partial charge in [0.2, 0.25) is 0 Å². The molecule has 0 saturated heterocycles. The van der Waals surface area contributed by atoms with Crippen LogP contribution in [0.1, 0.15) is 46.6 Å². The van der Waals surface area contributed by atoms with Crippen LogP contribution in [-0.4, -0.2) is 31.6 Å². The lowest BCUT2D eigenvalue weighted by Crippen LogP contribution is -2.27. The molecule has 3 heterocycles. The molecule has 6 nitrogen and oxygen atoms in total. The molecule has 1 N–H and O–H groups in total. The first-order valence-corrected chi connectivity index (χ1v) is 10.0. The predicted molar refractivity (Wildman–Crippen MR) is 110 cm³/mol. The van der Waals surface area contributed by atoms with Crippen molar-refractivity contribution in [3.05, 3.63) is 62.5 Å². The zero-order chi connectivity index (χ0) is 20.2. The van der Waals surface area contributed by atoms with Crippen LogP contribution in [0.3, 0.4) is 0 Å². The number of halogens is 1. The standard InChI is InChI=1S/C20H19ClN4O2S/c1-10-11(2)28-18-16(10)17(13-5-7-14(21)8-6-13)22-20(4,9-15(26)27)19-24-23-12(3)25(18)19/h5-8H,9H2,1-4H3,(H,26,27). The average Bonchev–Trinajstić information content (AvgIpc) is 3.11. The van der Waals surface area contributed by atoms with Gasteiger partial charge in [0.1, 0.15) is 16.4 Å². The van der Waals surface area contributed by atoms with Crippen LogP contribution < -0.4 is 0 Å². The molecular formula is C20H19ClN4O2S. The molecule has 28 heavy (non-hydrogen) atoms. The van der Waals surface area contributed by atoms with E-state index in [1.165, 1.54) is 4.88 Å². The number of hydrogen-bond donors (Lipinski definition) is 1. The van der Waals surface area contributed by atoms with Crippen molar-refractivity contribution in [3.8, 4) is 5.00 Å². The molecule has 1 aromatic carbocycles. The average molecular weight is 415 g/mol. The second-order valence-corrected chi connectivity index (χ2v) is 8.82. The molecule has 3 aromatic rings. The normalized spacial score (nSPS) is 18.2. The SMILES string of the molecule is Cc1sc2c(c1C)C(c1ccc(Cl)cc1)=NC(C)(CC(=O)O)c1nnc(C)n1-2. The van der Waals surface area contributed by atoms with Gasteiger partial charge in [0.15, 0.2) is 5.82 Å². The Balaban J connectivity index is 2.10. The number of aliphatic imine (C=N–C) groups is 1. The molecule has 2 aromatic heterocycles. The van der Waals surface area contributed by atoms with Gasteiger partial charge in [-0.2, -0.15) is 0 Å². The molecule has 0 radical (unpaired) electrons. The van der Waals surface area contributed by atoms with E-state index in [9.17, 15) is 9.90 Å². The lowest BCUT2D eigenvalue weighted by Gasteiger charge is -2.22. The Morgan fingerprint density at radius 1 is 1.21 bits per heavy atom. The first-order valence-electron chi connectivity index (χ1n) is 8.82. The largest absolute Gasteiger partial charge is 0.481 e. The molecule has 0 fully saturated rings. The van der Waals surface area contributed by atoms with Crippen LogP contribution in [0.5, 0.6) is 0 Å². The van der Waals surface area contributed by atoms with E-state index in [0.717, 1.165) is 27.4 Å². The fourth-order valence-electron chi connectivity index (χ4n) is 3.58. The maximum atomic E-state index is 11.7. The second-order valence-electron chi connectivity index (χ2n) is 7.18. The highest BCUT2D eigenvalue weighted by atomic mass is 35.5. The summed E-state index contributed by atoms with van der Waals surface area (Å²) in [6.45, 7) is 7.81. The monoisotopic (exact) mass is 414 g/mol. The number of aryl methyl sites for hydroxylation is 2. The number of aromatic nitrogens is 3. The highest BCUT2D eigenvalue weighted by Crippen LogP contribution is 2.41. The van der Waals surface area contributed by atoms with Crippen molar-refractivity contribution in [2.75, 3.05) is 0 Å². The topological polar surface area (TPSA) is 80.4 Å². The van der Waals surface area contributed by atoms with Gasteiger partial charge in [-0.3, -0.25) is 14.4 Å². The number of aliphatic carboxylic acids is 1.